The van der Waals surface area contributed by atoms with Crippen molar-refractivity contribution in [2.45, 2.75) is 157 Å². The van der Waals surface area contributed by atoms with Crippen molar-refractivity contribution in [3.63, 3.8) is 0 Å². The highest BCUT2D eigenvalue weighted by atomic mass is 16.5. The van der Waals surface area contributed by atoms with Crippen LogP contribution in [0, 0.1) is 0 Å². The van der Waals surface area contributed by atoms with Crippen molar-refractivity contribution >= 4 is 65.4 Å². The number of fused-ring (bicyclic) bond motifs is 3. The van der Waals surface area contributed by atoms with Crippen LogP contribution in [-0.4, -0.2) is 100 Å². The molecule has 18 nitrogen and oxygen atoms in total. The van der Waals surface area contributed by atoms with Gasteiger partial charge in [0.05, 0.1) is 84.1 Å². The predicted octanol–water partition coefficient (Wildman–Crippen LogP) is 21.0. The normalized spacial score (nSPS) is 11.0. The van der Waals surface area contributed by atoms with Gasteiger partial charge in [0.15, 0.2) is 69.0 Å². The second-order valence-electron chi connectivity index (χ2n) is 25.1. The van der Waals surface area contributed by atoms with Gasteiger partial charge in [0.1, 0.15) is 0 Å². The summed E-state index contributed by atoms with van der Waals surface area (Å²) in [4.78, 5) is 30.3. The third-order valence-electron chi connectivity index (χ3n) is 17.2. The van der Waals surface area contributed by atoms with Gasteiger partial charge in [0.25, 0.3) is 0 Å². The molecule has 0 spiro atoms. The van der Waals surface area contributed by atoms with E-state index >= 15 is 0 Å². The summed E-state index contributed by atoms with van der Waals surface area (Å²) in [5.74, 6) is -0.426. The van der Waals surface area contributed by atoms with E-state index in [0.717, 1.165) is 116 Å². The number of hydrogen-bond acceptors (Lipinski definition) is 18. The summed E-state index contributed by atoms with van der Waals surface area (Å²) in [6.45, 7) is 15.1. The summed E-state index contributed by atoms with van der Waals surface area (Å²) in [6.07, 6.45) is 22.0. The number of aromatic nitrogens is 6. The molecule has 0 amide bonds. The molecule has 4 aromatic heterocycles. The first-order valence-corrected chi connectivity index (χ1v) is 36.3. The zero-order valence-corrected chi connectivity index (χ0v) is 59.8. The van der Waals surface area contributed by atoms with Gasteiger partial charge in [0, 0.05) is 105 Å². The number of phenolic OH excluding ortho intramolecular Hbond substituents is 6. The van der Waals surface area contributed by atoms with E-state index in [0.29, 0.717) is 96.3 Å². The van der Waals surface area contributed by atoms with Crippen molar-refractivity contribution in [2.75, 3.05) is 39.6 Å². The fourth-order valence-corrected chi connectivity index (χ4v) is 11.2. The number of hydrogen-bond donors (Lipinski definition) is 6. The van der Waals surface area contributed by atoms with Crippen LogP contribution >= 0.6 is 0 Å². The van der Waals surface area contributed by atoms with Gasteiger partial charge in [-0.1, -0.05) is 179 Å². The Bertz CT molecular complexity index is 4330. The molecule has 0 fully saturated rings. The minimum absolute atomic E-state index is 0.142. The second-order valence-corrected chi connectivity index (χ2v) is 25.1. The maximum atomic E-state index is 12.4. The average Bonchev–Trinajstić information content (AvgIpc) is 0.781. The Morgan fingerprint density at radius 3 is 0.725 bits per heavy atom. The SMILES string of the molecule is CCCCCOc1cc2ncc3ccc(cnc4cc(OCCCCC)c(OCCCCC)cc4ncc4ccc(c(-c5ccccc5)nc5cc(OCCCCC)c(OCCCCC)cc5nc(-c5ccccc5)c5ccc(cnc2cc1OCCCCC)c(O)c5O)c(O)c4O)c(O)c3O. The Labute approximate surface area is 598 Å². The highest BCUT2D eigenvalue weighted by Gasteiger charge is 2.19. The first-order valence-electron chi connectivity index (χ1n) is 36.3. The molecular formula is C84H98N6O12. The van der Waals surface area contributed by atoms with Crippen LogP contribution in [0.3, 0.4) is 0 Å². The van der Waals surface area contributed by atoms with E-state index in [4.69, 9.17) is 58.3 Å². The first kappa shape index (κ1) is 75.6. The third kappa shape index (κ3) is 20.5. The molecule has 12 aromatic rings. The van der Waals surface area contributed by atoms with E-state index in [2.05, 4.69) is 41.5 Å². The molecule has 18 heteroatoms. The highest BCUT2D eigenvalue weighted by molar-refractivity contribution is 5.95. The molecule has 536 valence electrons. The van der Waals surface area contributed by atoms with Crippen molar-refractivity contribution in [3.8, 4) is 91.5 Å². The van der Waals surface area contributed by atoms with Crippen molar-refractivity contribution in [1.82, 2.24) is 29.9 Å². The van der Waals surface area contributed by atoms with Gasteiger partial charge in [-0.3, -0.25) is 19.9 Å². The molecule has 6 N–H and O–H groups in total. The Kier molecular flexibility index (Phi) is 29.2. The monoisotopic (exact) mass is 1380 g/mol. The molecule has 0 atom stereocenters. The maximum absolute atomic E-state index is 12.4. The van der Waals surface area contributed by atoms with Gasteiger partial charge >= 0.3 is 0 Å². The minimum atomic E-state index is -0.499. The van der Waals surface area contributed by atoms with Crippen LogP contribution < -0.4 is 28.4 Å². The maximum Gasteiger partial charge on any atom is 0.167 e. The molecule has 12 rings (SSSR count). The van der Waals surface area contributed by atoms with E-state index in [-0.39, 0.29) is 65.8 Å². The van der Waals surface area contributed by atoms with E-state index in [1.807, 2.05) is 60.7 Å². The zero-order valence-electron chi connectivity index (χ0n) is 59.8. The average molecular weight is 1380 g/mol. The summed E-state index contributed by atoms with van der Waals surface area (Å²) in [6, 6.07) is 38.6. The van der Waals surface area contributed by atoms with Gasteiger partial charge in [-0.2, -0.15) is 0 Å². The lowest BCUT2D eigenvalue weighted by Crippen LogP contribution is -2.03. The lowest BCUT2D eigenvalue weighted by molar-refractivity contribution is 0.260. The van der Waals surface area contributed by atoms with Crippen molar-refractivity contribution < 1.29 is 59.1 Å². The van der Waals surface area contributed by atoms with Gasteiger partial charge in [0.2, 0.25) is 0 Å². The Balaban J connectivity index is 1.44. The van der Waals surface area contributed by atoms with E-state index in [1.165, 1.54) is 24.8 Å². The second kappa shape index (κ2) is 39.4. The van der Waals surface area contributed by atoms with Crippen LogP contribution in [0.25, 0.3) is 87.9 Å². The summed E-state index contributed by atoms with van der Waals surface area (Å²) < 4.78 is 38.8. The summed E-state index contributed by atoms with van der Waals surface area (Å²) in [5.41, 5.74) is 3.34. The number of nitrogens with zero attached hydrogens (tertiary/aromatic N) is 6. The zero-order chi connectivity index (χ0) is 72.0. The molecule has 0 aliphatic carbocycles. The Morgan fingerprint density at radius 1 is 0.255 bits per heavy atom. The topological polar surface area (TPSA) is 254 Å². The van der Waals surface area contributed by atoms with Crippen LogP contribution in [0.15, 0.2) is 158 Å². The van der Waals surface area contributed by atoms with Crippen LogP contribution in [0.1, 0.15) is 157 Å². The largest absolute Gasteiger partial charge is 0.504 e. The first-order chi connectivity index (χ1) is 49.9. The molecular weight excluding hydrogens is 1280 g/mol. The highest BCUT2D eigenvalue weighted by Crippen LogP contribution is 2.43. The van der Waals surface area contributed by atoms with Crippen LogP contribution in [0.2, 0.25) is 0 Å². The number of aromatic hydroxyl groups is 6. The lowest BCUT2D eigenvalue weighted by atomic mass is 10.1. The van der Waals surface area contributed by atoms with Gasteiger partial charge in [-0.05, 0) is 74.9 Å². The van der Waals surface area contributed by atoms with Crippen LogP contribution in [-0.2, 0) is 0 Å². The molecule has 0 radical (unpaired) electrons. The molecule has 4 heterocycles. The number of benzene rings is 8. The molecule has 8 aromatic carbocycles. The number of unbranched alkanes of at least 4 members (excludes halogenated alkanes) is 12. The standard InChI is InChI=1S/C84H98N6O12/c1-7-13-25-41-97-71-47-65-67(49-73(71)99-43-27-15-9-3)87-55-61-37-39-63(83(95)81(61)93)77(57-31-21-19-22-32-57)89-69-51-75(101-45-29-17-11-5)76(102-46-30-18-12-6)52-70(69)90-78(58-33-23-20-24-34-58)64-40-38-62(82(94)84(64)96)56-88-68-50-74(100-44-28-16-10-4)72(98-42-26-14-8-2)48-66(68)86-54-60-36-35-59(53-85-65)79(91)80(60)92/h19-24,31-40,47-56,91-96H,7-18,25-30,41-46H2,1-6H3. The van der Waals surface area contributed by atoms with Crippen molar-refractivity contribution in [1.29, 1.82) is 0 Å². The molecule has 0 saturated carbocycles. The summed E-state index contributed by atoms with van der Waals surface area (Å²) >= 11 is 0. The molecule has 0 aliphatic heterocycles. The molecule has 0 saturated heterocycles. The number of phenols is 6. The fraction of sp³-hybridized carbons (Fsp3) is 0.357. The van der Waals surface area contributed by atoms with Crippen LogP contribution in [0.4, 0.5) is 0 Å². The molecule has 0 unspecified atom stereocenters. The van der Waals surface area contributed by atoms with E-state index in [9.17, 15) is 30.6 Å². The van der Waals surface area contributed by atoms with Crippen LogP contribution in [0.5, 0.6) is 69.0 Å². The van der Waals surface area contributed by atoms with Crippen molar-refractivity contribution in [3.05, 3.63) is 158 Å². The number of ether oxygens (including phenoxy) is 6. The molecule has 6 bridgehead atoms. The van der Waals surface area contributed by atoms with Gasteiger partial charge < -0.3 is 59.1 Å². The van der Waals surface area contributed by atoms with Gasteiger partial charge in [-0.25, -0.2) is 9.97 Å². The van der Waals surface area contributed by atoms with Gasteiger partial charge in [-0.15, -0.1) is 0 Å². The Hall–Kier alpha value is -10.6. The number of rotatable bonds is 32. The summed E-state index contributed by atoms with van der Waals surface area (Å²) in [5, 5.41) is 73.9. The minimum Gasteiger partial charge on any atom is -0.504 e. The van der Waals surface area contributed by atoms with Crippen molar-refractivity contribution in [2.24, 2.45) is 0 Å². The third-order valence-corrected chi connectivity index (χ3v) is 17.2. The smallest absolute Gasteiger partial charge is 0.167 e. The molecule has 0 aliphatic rings. The van der Waals surface area contributed by atoms with E-state index < -0.39 is 34.5 Å². The molecule has 102 heavy (non-hydrogen) atoms. The summed E-state index contributed by atoms with van der Waals surface area (Å²) in [7, 11) is 0. The Morgan fingerprint density at radius 2 is 0.480 bits per heavy atom. The lowest BCUT2D eigenvalue weighted by Gasteiger charge is -2.14. The quantitative estimate of drug-likeness (QED) is 0.0169. The van der Waals surface area contributed by atoms with E-state index in [1.54, 1.807) is 72.8 Å². The predicted molar refractivity (Wildman–Crippen MR) is 409 cm³/mol. The fourth-order valence-electron chi connectivity index (χ4n) is 11.2.